The van der Waals surface area contributed by atoms with E-state index >= 15 is 0 Å². The molecule has 1 heterocycles. The molecule has 0 aliphatic carbocycles. The van der Waals surface area contributed by atoms with Gasteiger partial charge in [-0.05, 0) is 30.2 Å². The first-order chi connectivity index (χ1) is 13.6. The van der Waals surface area contributed by atoms with Crippen LogP contribution in [0, 0.1) is 0 Å². The molecule has 7 nitrogen and oxygen atoms in total. The van der Waals surface area contributed by atoms with E-state index in [2.05, 4.69) is 15.6 Å². The smallest absolute Gasteiger partial charge is 0.236 e. The van der Waals surface area contributed by atoms with E-state index in [4.69, 9.17) is 4.74 Å². The van der Waals surface area contributed by atoms with Crippen LogP contribution in [-0.2, 0) is 16.4 Å². The van der Waals surface area contributed by atoms with Crippen molar-refractivity contribution in [3.63, 3.8) is 0 Å². The lowest BCUT2D eigenvalue weighted by molar-refractivity contribution is 0.322. The van der Waals surface area contributed by atoms with Gasteiger partial charge in [-0.25, -0.2) is 8.42 Å². The second-order valence-electron chi connectivity index (χ2n) is 6.35. The quantitative estimate of drug-likeness (QED) is 0.237. The highest BCUT2D eigenvalue weighted by Gasteiger charge is 2.28. The number of benzene rings is 2. The third-order valence-electron chi connectivity index (χ3n) is 4.46. The van der Waals surface area contributed by atoms with E-state index in [9.17, 15) is 8.42 Å². The summed E-state index contributed by atoms with van der Waals surface area (Å²) in [5, 5.41) is 6.17. The van der Waals surface area contributed by atoms with Crippen LogP contribution in [0.3, 0.4) is 0 Å². The third-order valence-corrected chi connectivity index (χ3v) is 6.23. The van der Waals surface area contributed by atoms with Gasteiger partial charge < -0.3 is 15.4 Å². The number of nitrogens with one attached hydrogen (secondary N) is 2. The summed E-state index contributed by atoms with van der Waals surface area (Å²) in [6, 6.07) is 17.2. The Bertz CT molecular complexity index is 907. The second-order valence-corrected chi connectivity index (χ2v) is 8.37. The summed E-state index contributed by atoms with van der Waals surface area (Å²) in [7, 11) is -1.72. The summed E-state index contributed by atoms with van der Waals surface area (Å²) in [5.74, 6) is 1.36. The van der Waals surface area contributed by atoms with Crippen molar-refractivity contribution in [2.45, 2.75) is 6.42 Å². The zero-order valence-electron chi connectivity index (χ0n) is 16.4. The molecule has 2 aromatic carbocycles. The molecule has 0 spiro atoms. The number of rotatable bonds is 8. The molecular formula is C20H27IN4O3S. The van der Waals surface area contributed by atoms with Crippen LogP contribution in [0.1, 0.15) is 5.56 Å². The van der Waals surface area contributed by atoms with Crippen molar-refractivity contribution >= 4 is 45.6 Å². The molecule has 0 unspecified atom stereocenters. The van der Waals surface area contributed by atoms with Crippen LogP contribution in [0.4, 0.5) is 5.69 Å². The topological polar surface area (TPSA) is 83.0 Å². The van der Waals surface area contributed by atoms with E-state index < -0.39 is 10.0 Å². The fourth-order valence-electron chi connectivity index (χ4n) is 3.08. The highest BCUT2D eigenvalue weighted by molar-refractivity contribution is 14.0. The molecule has 0 bridgehead atoms. The largest absolute Gasteiger partial charge is 0.492 e. The monoisotopic (exact) mass is 530 g/mol. The number of hydrogen-bond acceptors (Lipinski definition) is 4. The molecule has 0 saturated heterocycles. The van der Waals surface area contributed by atoms with Gasteiger partial charge >= 0.3 is 0 Å². The van der Waals surface area contributed by atoms with Crippen LogP contribution in [0.5, 0.6) is 5.75 Å². The number of sulfonamides is 1. The number of aliphatic imine (C=N–C) groups is 1. The van der Waals surface area contributed by atoms with Crippen molar-refractivity contribution < 1.29 is 13.2 Å². The summed E-state index contributed by atoms with van der Waals surface area (Å²) in [4.78, 5) is 4.12. The summed E-state index contributed by atoms with van der Waals surface area (Å²) in [6.45, 7) is 1.82. The number of guanidine groups is 1. The van der Waals surface area contributed by atoms with E-state index in [0.29, 0.717) is 25.7 Å². The number of nitrogens with zero attached hydrogens (tertiary/aromatic N) is 2. The van der Waals surface area contributed by atoms with Gasteiger partial charge in [-0.2, -0.15) is 0 Å². The van der Waals surface area contributed by atoms with Gasteiger partial charge in [-0.15, -0.1) is 24.0 Å². The standard InChI is InChI=1S/C20H26N4O3S.HI/c1-21-20(22-12-15-27-18-8-3-2-4-9-18)23-13-16-28(25,26)24-14-11-17-7-5-6-10-19(17)24;/h2-10H,11-16H2,1H3,(H2,21,22,23);1H. The fourth-order valence-corrected chi connectivity index (χ4v) is 4.51. The predicted octanol–water partition coefficient (Wildman–Crippen LogP) is 2.24. The normalized spacial score (nSPS) is 13.4. The molecule has 1 aliphatic heterocycles. The summed E-state index contributed by atoms with van der Waals surface area (Å²) >= 11 is 0. The Morgan fingerprint density at radius 1 is 1.07 bits per heavy atom. The van der Waals surface area contributed by atoms with Crippen LogP contribution in [-0.4, -0.2) is 53.4 Å². The molecule has 0 atom stereocenters. The summed E-state index contributed by atoms with van der Waals surface area (Å²) in [6.07, 6.45) is 0.757. The zero-order chi connectivity index (χ0) is 19.8. The number of hydrogen-bond donors (Lipinski definition) is 2. The molecule has 0 fully saturated rings. The maximum absolute atomic E-state index is 12.7. The van der Waals surface area contributed by atoms with Gasteiger partial charge in [0.15, 0.2) is 5.96 Å². The minimum atomic E-state index is -3.38. The van der Waals surface area contributed by atoms with Crippen molar-refractivity contribution in [3.05, 3.63) is 60.2 Å². The van der Waals surface area contributed by atoms with Gasteiger partial charge in [0, 0.05) is 20.1 Å². The Hall–Kier alpha value is -2.01. The highest BCUT2D eigenvalue weighted by atomic mass is 127. The average molecular weight is 530 g/mol. The van der Waals surface area contributed by atoms with Crippen LogP contribution >= 0.6 is 24.0 Å². The number of ether oxygens (including phenoxy) is 1. The summed E-state index contributed by atoms with van der Waals surface area (Å²) in [5.41, 5.74) is 1.87. The molecule has 0 radical (unpaired) electrons. The Morgan fingerprint density at radius 2 is 1.76 bits per heavy atom. The Balaban J connectivity index is 0.00000300. The lowest BCUT2D eigenvalue weighted by Gasteiger charge is -2.20. The van der Waals surface area contributed by atoms with Gasteiger partial charge in [0.2, 0.25) is 10.0 Å². The zero-order valence-corrected chi connectivity index (χ0v) is 19.5. The van der Waals surface area contributed by atoms with Crippen molar-refractivity contribution in [2.75, 3.05) is 43.3 Å². The lowest BCUT2D eigenvalue weighted by atomic mass is 10.2. The predicted molar refractivity (Wildman–Crippen MR) is 128 cm³/mol. The van der Waals surface area contributed by atoms with Gasteiger partial charge in [0.25, 0.3) is 0 Å². The van der Waals surface area contributed by atoms with Crippen molar-refractivity contribution in [3.8, 4) is 5.75 Å². The number of para-hydroxylation sites is 2. The molecule has 2 aromatic rings. The minimum Gasteiger partial charge on any atom is -0.492 e. The molecule has 0 saturated carbocycles. The number of halogens is 1. The Kier molecular flexibility index (Phi) is 9.02. The maximum Gasteiger partial charge on any atom is 0.236 e. The highest BCUT2D eigenvalue weighted by Crippen LogP contribution is 2.29. The molecule has 158 valence electrons. The van der Waals surface area contributed by atoms with Crippen LogP contribution in [0.25, 0.3) is 0 Å². The molecule has 29 heavy (non-hydrogen) atoms. The third kappa shape index (κ3) is 6.49. The van der Waals surface area contributed by atoms with Gasteiger partial charge in [-0.3, -0.25) is 9.30 Å². The van der Waals surface area contributed by atoms with E-state index in [-0.39, 0.29) is 36.3 Å². The Morgan fingerprint density at radius 3 is 2.52 bits per heavy atom. The van der Waals surface area contributed by atoms with Gasteiger partial charge in [0.05, 0.1) is 18.0 Å². The fraction of sp³-hybridized carbons (Fsp3) is 0.350. The molecule has 2 N–H and O–H groups in total. The van der Waals surface area contributed by atoms with E-state index in [0.717, 1.165) is 23.4 Å². The SMILES string of the molecule is CN=C(NCCOc1ccccc1)NCCS(=O)(=O)N1CCc2ccccc21.I. The van der Waals surface area contributed by atoms with Gasteiger partial charge in [-0.1, -0.05) is 36.4 Å². The van der Waals surface area contributed by atoms with Crippen molar-refractivity contribution in [1.29, 1.82) is 0 Å². The maximum atomic E-state index is 12.7. The summed E-state index contributed by atoms with van der Waals surface area (Å²) < 4.78 is 32.5. The Labute approximate surface area is 189 Å². The number of anilines is 1. The van der Waals surface area contributed by atoms with Crippen molar-refractivity contribution in [2.24, 2.45) is 4.99 Å². The lowest BCUT2D eigenvalue weighted by Crippen LogP contribution is -2.43. The first kappa shape index (κ1) is 23.3. The van der Waals surface area contributed by atoms with Crippen LogP contribution in [0.2, 0.25) is 0 Å². The molecule has 9 heteroatoms. The van der Waals surface area contributed by atoms with Crippen molar-refractivity contribution in [1.82, 2.24) is 10.6 Å². The van der Waals surface area contributed by atoms with E-state index in [1.165, 1.54) is 4.31 Å². The second kappa shape index (κ2) is 11.2. The number of fused-ring (bicyclic) bond motifs is 1. The molecular weight excluding hydrogens is 503 g/mol. The first-order valence-electron chi connectivity index (χ1n) is 9.31. The molecule has 0 amide bonds. The molecule has 1 aliphatic rings. The van der Waals surface area contributed by atoms with Gasteiger partial charge in [0.1, 0.15) is 12.4 Å². The van der Waals surface area contributed by atoms with Crippen LogP contribution < -0.4 is 19.7 Å². The molecule has 3 rings (SSSR count). The van der Waals surface area contributed by atoms with E-state index in [1.54, 1.807) is 7.05 Å². The van der Waals surface area contributed by atoms with E-state index in [1.807, 2.05) is 54.6 Å². The molecule has 0 aromatic heterocycles. The minimum absolute atomic E-state index is 0. The average Bonchev–Trinajstić information content (AvgIpc) is 3.15. The van der Waals surface area contributed by atoms with Crippen LogP contribution in [0.15, 0.2) is 59.6 Å². The first-order valence-corrected chi connectivity index (χ1v) is 10.9.